The molecule has 0 aliphatic carbocycles. The Hall–Kier alpha value is -1.70. The van der Waals surface area contributed by atoms with Crippen LogP contribution in [-0.2, 0) is 22.2 Å². The van der Waals surface area contributed by atoms with E-state index in [9.17, 15) is 13.5 Å². The van der Waals surface area contributed by atoms with Crippen LogP contribution >= 0.6 is 24.0 Å². The van der Waals surface area contributed by atoms with Crippen molar-refractivity contribution in [2.75, 3.05) is 39.3 Å². The molecule has 11 heteroatoms. The lowest BCUT2D eigenvalue weighted by Crippen LogP contribution is -2.54. The lowest BCUT2D eigenvalue weighted by atomic mass is 10.1. The molecule has 1 aromatic carbocycles. The van der Waals surface area contributed by atoms with Gasteiger partial charge in [0.2, 0.25) is 10.0 Å². The van der Waals surface area contributed by atoms with Crippen LogP contribution in [-0.4, -0.2) is 79.2 Å². The van der Waals surface area contributed by atoms with Crippen LogP contribution < -0.4 is 5.32 Å². The van der Waals surface area contributed by atoms with Crippen molar-refractivity contribution in [3.8, 4) is 0 Å². The summed E-state index contributed by atoms with van der Waals surface area (Å²) in [6, 6.07) is 11.4. The molecule has 2 N–H and O–H groups in total. The zero-order valence-corrected chi connectivity index (χ0v) is 20.7. The van der Waals surface area contributed by atoms with Gasteiger partial charge in [0.15, 0.2) is 5.96 Å². The van der Waals surface area contributed by atoms with Gasteiger partial charge in [-0.15, -0.1) is 24.0 Å². The van der Waals surface area contributed by atoms with Crippen LogP contribution in [0.1, 0.15) is 18.2 Å². The molecule has 0 radical (unpaired) electrons. The van der Waals surface area contributed by atoms with Crippen LogP contribution in [0.2, 0.25) is 0 Å². The van der Waals surface area contributed by atoms with Crippen molar-refractivity contribution in [1.82, 2.24) is 19.7 Å². The average molecular weight is 563 g/mol. The largest absolute Gasteiger partial charge is 0.391 e. The second kappa shape index (κ2) is 12.4. The third-order valence-electron chi connectivity index (χ3n) is 4.85. The van der Waals surface area contributed by atoms with Crippen molar-refractivity contribution >= 4 is 40.0 Å². The number of hydrogen-bond donors (Lipinski definition) is 2. The number of aliphatic hydroxyl groups excluding tert-OH is 1. The first-order chi connectivity index (χ1) is 14.5. The highest BCUT2D eigenvalue weighted by atomic mass is 127. The maximum atomic E-state index is 12.6. The van der Waals surface area contributed by atoms with Gasteiger partial charge in [-0.3, -0.25) is 4.99 Å². The molecule has 3 rings (SSSR count). The van der Waals surface area contributed by atoms with Crippen LogP contribution in [0, 0.1) is 0 Å². The molecule has 1 saturated heterocycles. The smallest absolute Gasteiger partial charge is 0.220 e. The molecule has 1 aliphatic rings. The number of aliphatic imine (C=N–C) groups is 1. The number of rotatable bonds is 8. The predicted octanol–water partition coefficient (Wildman–Crippen LogP) is 1.31. The molecule has 0 amide bonds. The van der Waals surface area contributed by atoms with E-state index in [2.05, 4.69) is 15.5 Å². The van der Waals surface area contributed by atoms with Gasteiger partial charge >= 0.3 is 0 Å². The minimum atomic E-state index is -3.44. The molecule has 2 aromatic rings. The fraction of sp³-hybridized carbons (Fsp3) is 0.500. The second-order valence-corrected chi connectivity index (χ2v) is 9.14. The molecule has 9 nitrogen and oxygen atoms in total. The normalized spacial score (nSPS) is 16.6. The number of guanidine groups is 1. The van der Waals surface area contributed by atoms with E-state index in [1.54, 1.807) is 6.07 Å². The molecule has 31 heavy (non-hydrogen) atoms. The molecule has 2 heterocycles. The van der Waals surface area contributed by atoms with Crippen molar-refractivity contribution in [2.45, 2.75) is 25.2 Å². The first-order valence-corrected chi connectivity index (χ1v) is 11.7. The van der Waals surface area contributed by atoms with Crippen molar-refractivity contribution < 1.29 is 18.0 Å². The zero-order valence-electron chi connectivity index (χ0n) is 17.6. The standard InChI is InChI=1S/C20H29N5O4S.HI/c1-2-21-20(22-15-19(26)14-17-6-4-3-5-7-17)24-9-11-25(12-10-24)30(27,28)16-18-8-13-29-23-18;/h3-8,13,19,26H,2,9-12,14-16H2,1H3,(H,21,22);1H. The lowest BCUT2D eigenvalue weighted by molar-refractivity contribution is 0.182. The molecule has 1 fully saturated rings. The molecule has 1 unspecified atom stereocenters. The highest BCUT2D eigenvalue weighted by Crippen LogP contribution is 2.13. The summed E-state index contributed by atoms with van der Waals surface area (Å²) in [6.07, 6.45) is 1.33. The summed E-state index contributed by atoms with van der Waals surface area (Å²) >= 11 is 0. The summed E-state index contributed by atoms with van der Waals surface area (Å²) < 4.78 is 31.4. The van der Waals surface area contributed by atoms with Crippen LogP contribution in [0.5, 0.6) is 0 Å². The molecule has 0 saturated carbocycles. The summed E-state index contributed by atoms with van der Waals surface area (Å²) in [5.41, 5.74) is 1.47. The Morgan fingerprint density at radius 1 is 1.23 bits per heavy atom. The number of aromatic nitrogens is 1. The summed E-state index contributed by atoms with van der Waals surface area (Å²) in [7, 11) is -3.44. The van der Waals surface area contributed by atoms with E-state index in [0.717, 1.165) is 5.56 Å². The van der Waals surface area contributed by atoms with Gasteiger partial charge in [0.25, 0.3) is 0 Å². The Bertz CT molecular complexity index is 901. The minimum absolute atomic E-state index is 0. The molecule has 0 bridgehead atoms. The number of sulfonamides is 1. The number of nitrogens with zero attached hydrogens (tertiary/aromatic N) is 4. The molecule has 1 aliphatic heterocycles. The van der Waals surface area contributed by atoms with E-state index in [4.69, 9.17) is 4.52 Å². The Morgan fingerprint density at radius 3 is 2.55 bits per heavy atom. The number of nitrogens with one attached hydrogen (secondary N) is 1. The average Bonchev–Trinajstić information content (AvgIpc) is 3.24. The van der Waals surface area contributed by atoms with Crippen molar-refractivity contribution in [1.29, 1.82) is 0 Å². The quantitative estimate of drug-likeness (QED) is 0.283. The van der Waals surface area contributed by atoms with Crippen LogP contribution in [0.3, 0.4) is 0 Å². The van der Waals surface area contributed by atoms with Gasteiger partial charge in [0.05, 0.1) is 18.3 Å². The second-order valence-electron chi connectivity index (χ2n) is 7.17. The molecular weight excluding hydrogens is 533 g/mol. The van der Waals surface area contributed by atoms with E-state index in [-0.39, 0.29) is 36.3 Å². The number of aliphatic hydroxyl groups is 1. The van der Waals surface area contributed by atoms with Crippen molar-refractivity contribution in [3.63, 3.8) is 0 Å². The highest BCUT2D eigenvalue weighted by Gasteiger charge is 2.29. The number of benzene rings is 1. The zero-order chi connectivity index (χ0) is 21.4. The van der Waals surface area contributed by atoms with E-state index in [0.29, 0.717) is 50.8 Å². The van der Waals surface area contributed by atoms with Gasteiger partial charge in [-0.1, -0.05) is 35.5 Å². The van der Waals surface area contributed by atoms with Gasteiger partial charge in [0, 0.05) is 45.2 Å². The van der Waals surface area contributed by atoms with Gasteiger partial charge in [-0.2, -0.15) is 4.31 Å². The Morgan fingerprint density at radius 2 is 1.94 bits per heavy atom. The molecule has 1 atom stereocenters. The number of halogens is 1. The maximum Gasteiger partial charge on any atom is 0.220 e. The van der Waals surface area contributed by atoms with Gasteiger partial charge in [-0.25, -0.2) is 8.42 Å². The fourth-order valence-corrected chi connectivity index (χ4v) is 4.76. The van der Waals surface area contributed by atoms with Gasteiger partial charge in [0.1, 0.15) is 12.0 Å². The first-order valence-electron chi connectivity index (χ1n) is 10.1. The maximum absolute atomic E-state index is 12.6. The Balaban J connectivity index is 0.00000341. The van der Waals surface area contributed by atoms with E-state index in [1.165, 1.54) is 10.6 Å². The van der Waals surface area contributed by atoms with E-state index >= 15 is 0 Å². The number of piperazine rings is 1. The van der Waals surface area contributed by atoms with Crippen LogP contribution in [0.15, 0.2) is 52.2 Å². The highest BCUT2D eigenvalue weighted by molar-refractivity contribution is 14.0. The van der Waals surface area contributed by atoms with Gasteiger partial charge < -0.3 is 19.8 Å². The third-order valence-corrected chi connectivity index (χ3v) is 6.67. The molecular formula is C20H30IN5O4S. The Labute approximate surface area is 200 Å². The third kappa shape index (κ3) is 7.74. The monoisotopic (exact) mass is 563 g/mol. The van der Waals surface area contributed by atoms with Gasteiger partial charge in [-0.05, 0) is 12.5 Å². The SMILES string of the molecule is CCNC(=NCC(O)Cc1ccccc1)N1CCN(S(=O)(=O)Cc2ccon2)CC1.I. The summed E-state index contributed by atoms with van der Waals surface area (Å²) in [5, 5.41) is 17.3. The first kappa shape index (κ1) is 25.6. The van der Waals surface area contributed by atoms with Crippen molar-refractivity contribution in [2.24, 2.45) is 4.99 Å². The summed E-state index contributed by atoms with van der Waals surface area (Å²) in [5.74, 6) is 0.529. The topological polar surface area (TPSA) is 111 Å². The molecule has 0 spiro atoms. The van der Waals surface area contributed by atoms with Crippen LogP contribution in [0.4, 0.5) is 0 Å². The minimum Gasteiger partial charge on any atom is -0.391 e. The van der Waals surface area contributed by atoms with Crippen molar-refractivity contribution in [3.05, 3.63) is 53.9 Å². The predicted molar refractivity (Wildman–Crippen MR) is 130 cm³/mol. The van der Waals surface area contributed by atoms with E-state index in [1.807, 2.05) is 42.2 Å². The molecule has 1 aromatic heterocycles. The summed E-state index contributed by atoms with van der Waals surface area (Å²) in [6.45, 7) is 4.75. The van der Waals surface area contributed by atoms with Crippen LogP contribution in [0.25, 0.3) is 0 Å². The number of hydrogen-bond acceptors (Lipinski definition) is 6. The fourth-order valence-electron chi connectivity index (χ4n) is 3.34. The Kier molecular flexibility index (Phi) is 10.2. The lowest BCUT2D eigenvalue weighted by Gasteiger charge is -2.35. The molecule has 172 valence electrons. The summed E-state index contributed by atoms with van der Waals surface area (Å²) in [4.78, 5) is 6.60. The van der Waals surface area contributed by atoms with E-state index < -0.39 is 16.1 Å².